The van der Waals surface area contributed by atoms with E-state index in [0.29, 0.717) is 11.8 Å². The van der Waals surface area contributed by atoms with Gasteiger partial charge in [-0.3, -0.25) is 9.59 Å². The van der Waals surface area contributed by atoms with Gasteiger partial charge in [0.15, 0.2) is 0 Å². The predicted molar refractivity (Wildman–Crippen MR) is 83.0 cm³/mol. The van der Waals surface area contributed by atoms with Crippen molar-refractivity contribution < 1.29 is 19.5 Å². The molecule has 5 aliphatic rings. The van der Waals surface area contributed by atoms with E-state index in [4.69, 9.17) is 11.6 Å². The van der Waals surface area contributed by atoms with Crippen molar-refractivity contribution in [1.82, 2.24) is 0 Å². The molecule has 4 aliphatic carbocycles. The first-order valence-corrected chi connectivity index (χ1v) is 8.44. The van der Waals surface area contributed by atoms with Crippen LogP contribution in [0.1, 0.15) is 16.8 Å². The van der Waals surface area contributed by atoms with Gasteiger partial charge in [-0.1, -0.05) is 23.8 Å². The Hall–Kier alpha value is -2.14. The highest BCUT2D eigenvalue weighted by Crippen LogP contribution is 2.65. The van der Waals surface area contributed by atoms with Gasteiger partial charge in [-0.05, 0) is 48.3 Å². The summed E-state index contributed by atoms with van der Waals surface area (Å²) in [5.74, 6) is -1.15. The Labute approximate surface area is 142 Å². The molecule has 1 aliphatic heterocycles. The Morgan fingerprint density at radius 3 is 2.21 bits per heavy atom. The number of allylic oxidation sites excluding steroid dienone is 2. The van der Waals surface area contributed by atoms with Gasteiger partial charge in [0.1, 0.15) is 0 Å². The van der Waals surface area contributed by atoms with Crippen LogP contribution in [0.4, 0.5) is 5.69 Å². The molecule has 2 bridgehead atoms. The number of carbonyl (C=O) groups excluding carboxylic acids is 3. The van der Waals surface area contributed by atoms with Crippen LogP contribution in [-0.4, -0.2) is 17.8 Å². The molecule has 2 saturated carbocycles. The summed E-state index contributed by atoms with van der Waals surface area (Å²) in [6.45, 7) is 0. The Morgan fingerprint density at radius 2 is 1.67 bits per heavy atom. The number of carboxylic acids is 1. The van der Waals surface area contributed by atoms with Crippen LogP contribution in [0.25, 0.3) is 0 Å². The molecule has 6 rings (SSSR count). The van der Waals surface area contributed by atoms with Crippen molar-refractivity contribution in [1.29, 1.82) is 0 Å². The van der Waals surface area contributed by atoms with Crippen LogP contribution in [0.3, 0.4) is 0 Å². The molecule has 6 heteroatoms. The van der Waals surface area contributed by atoms with Crippen LogP contribution < -0.4 is 10.0 Å². The molecule has 0 unspecified atom stereocenters. The minimum absolute atomic E-state index is 0.0261. The van der Waals surface area contributed by atoms with Crippen LogP contribution in [-0.2, 0) is 9.59 Å². The summed E-state index contributed by atoms with van der Waals surface area (Å²) < 4.78 is 0. The summed E-state index contributed by atoms with van der Waals surface area (Å²) >= 11 is 5.85. The standard InChI is InChI=1S/C18H14ClNO4/c19-13-4-1-7(5-12(13)18(23)24)20-16(21)14-8-2-3-9(11-6-10(8)11)15(14)17(20)22/h1-5,8-11,14-15H,6H2,(H,23,24)/p-1/t8-,9+,10-,11+,14-,15+. The van der Waals surface area contributed by atoms with Gasteiger partial charge in [0.05, 0.1) is 23.5 Å². The summed E-state index contributed by atoms with van der Waals surface area (Å²) in [7, 11) is 0. The molecule has 1 aromatic rings. The number of benzene rings is 1. The molecule has 0 aromatic heterocycles. The molecular formula is C18H13ClNO4-. The third-order valence-electron chi connectivity index (χ3n) is 6.09. The van der Waals surface area contributed by atoms with Crippen LogP contribution in [0.15, 0.2) is 30.4 Å². The molecule has 2 amide bonds. The fourth-order valence-electron chi connectivity index (χ4n) is 5.02. The molecule has 5 nitrogen and oxygen atoms in total. The first-order chi connectivity index (χ1) is 11.5. The number of hydrogen-bond acceptors (Lipinski definition) is 4. The van der Waals surface area contributed by atoms with Crippen molar-refractivity contribution in [3.8, 4) is 0 Å². The first kappa shape index (κ1) is 14.2. The molecule has 1 aromatic carbocycles. The lowest BCUT2D eigenvalue weighted by Crippen LogP contribution is -2.40. The van der Waals surface area contributed by atoms with E-state index in [0.717, 1.165) is 11.3 Å². The molecule has 1 heterocycles. The number of rotatable bonds is 2. The molecule has 0 radical (unpaired) electrons. The van der Waals surface area contributed by atoms with Crippen molar-refractivity contribution in [2.24, 2.45) is 35.5 Å². The molecule has 1 saturated heterocycles. The molecule has 6 atom stereocenters. The number of amides is 2. The monoisotopic (exact) mass is 342 g/mol. The number of imide groups is 1. The van der Waals surface area contributed by atoms with Gasteiger partial charge in [0.2, 0.25) is 11.8 Å². The van der Waals surface area contributed by atoms with E-state index in [-0.39, 0.29) is 51.8 Å². The molecule has 0 spiro atoms. The summed E-state index contributed by atoms with van der Waals surface area (Å²) in [4.78, 5) is 38.2. The normalized spacial score (nSPS) is 38.3. The molecule has 24 heavy (non-hydrogen) atoms. The third-order valence-corrected chi connectivity index (χ3v) is 6.42. The number of aromatic carboxylic acids is 1. The molecule has 122 valence electrons. The lowest BCUT2D eigenvalue weighted by atomic mass is 9.63. The second-order valence-electron chi connectivity index (χ2n) is 7.12. The lowest BCUT2D eigenvalue weighted by molar-refractivity contribution is -0.255. The largest absolute Gasteiger partial charge is 0.545 e. The summed E-state index contributed by atoms with van der Waals surface area (Å²) in [6, 6.07) is 4.15. The predicted octanol–water partition coefficient (Wildman–Crippen LogP) is 1.26. The smallest absolute Gasteiger partial charge is 0.238 e. The van der Waals surface area contributed by atoms with Gasteiger partial charge in [-0.25, -0.2) is 4.90 Å². The maximum Gasteiger partial charge on any atom is 0.238 e. The number of hydrogen-bond donors (Lipinski definition) is 0. The second-order valence-corrected chi connectivity index (χ2v) is 7.53. The summed E-state index contributed by atoms with van der Waals surface area (Å²) in [6.07, 6.45) is 5.30. The Kier molecular flexibility index (Phi) is 2.65. The van der Waals surface area contributed by atoms with Crippen molar-refractivity contribution >= 4 is 35.1 Å². The van der Waals surface area contributed by atoms with E-state index in [1.165, 1.54) is 18.2 Å². The van der Waals surface area contributed by atoms with E-state index >= 15 is 0 Å². The Balaban J connectivity index is 1.57. The Morgan fingerprint density at radius 1 is 1.08 bits per heavy atom. The minimum Gasteiger partial charge on any atom is -0.545 e. The van der Waals surface area contributed by atoms with Gasteiger partial charge < -0.3 is 9.90 Å². The fourth-order valence-corrected chi connectivity index (χ4v) is 5.21. The third kappa shape index (κ3) is 1.63. The zero-order valence-corrected chi connectivity index (χ0v) is 13.3. The van der Waals surface area contributed by atoms with E-state index < -0.39 is 5.97 Å². The van der Waals surface area contributed by atoms with Gasteiger partial charge in [-0.2, -0.15) is 0 Å². The second kappa shape index (κ2) is 4.48. The van der Waals surface area contributed by atoms with Gasteiger partial charge >= 0.3 is 0 Å². The number of anilines is 1. The summed E-state index contributed by atoms with van der Waals surface area (Å²) in [5, 5.41) is 11.2. The van der Waals surface area contributed by atoms with Gasteiger partial charge in [-0.15, -0.1) is 0 Å². The average Bonchev–Trinajstić information content (AvgIpc) is 3.33. The van der Waals surface area contributed by atoms with Crippen LogP contribution in [0.5, 0.6) is 0 Å². The molecule has 3 fully saturated rings. The van der Waals surface area contributed by atoms with Crippen LogP contribution in [0.2, 0.25) is 5.02 Å². The highest BCUT2D eigenvalue weighted by atomic mass is 35.5. The van der Waals surface area contributed by atoms with E-state index in [2.05, 4.69) is 12.2 Å². The number of carboxylic acid groups (broad SMARTS) is 1. The van der Waals surface area contributed by atoms with E-state index in [9.17, 15) is 19.5 Å². The first-order valence-electron chi connectivity index (χ1n) is 8.06. The van der Waals surface area contributed by atoms with Crippen LogP contribution >= 0.6 is 11.6 Å². The topological polar surface area (TPSA) is 77.5 Å². The lowest BCUT2D eigenvalue weighted by Gasteiger charge is -2.37. The SMILES string of the molecule is O=C([O-])c1cc(N2C(=O)[C@@H]3[C@@H]4C=C[C@@H]([C@@H]5C[C@H]45)[C@@H]3C2=O)ccc1Cl. The number of halogens is 1. The Bertz CT molecular complexity index is 811. The zero-order valence-electron chi connectivity index (χ0n) is 12.5. The highest BCUT2D eigenvalue weighted by molar-refractivity contribution is 6.33. The quantitative estimate of drug-likeness (QED) is 0.599. The van der Waals surface area contributed by atoms with Crippen molar-refractivity contribution in [3.05, 3.63) is 40.9 Å². The van der Waals surface area contributed by atoms with Crippen molar-refractivity contribution in [2.45, 2.75) is 6.42 Å². The highest BCUT2D eigenvalue weighted by Gasteiger charge is 2.67. The van der Waals surface area contributed by atoms with Crippen molar-refractivity contribution in [2.75, 3.05) is 4.90 Å². The van der Waals surface area contributed by atoms with E-state index in [1.807, 2.05) is 0 Å². The zero-order chi connectivity index (χ0) is 16.7. The molecular weight excluding hydrogens is 330 g/mol. The maximum absolute atomic E-state index is 12.9. The number of carbonyl (C=O) groups is 3. The van der Waals surface area contributed by atoms with Crippen molar-refractivity contribution in [3.63, 3.8) is 0 Å². The van der Waals surface area contributed by atoms with Gasteiger partial charge in [0.25, 0.3) is 0 Å². The van der Waals surface area contributed by atoms with E-state index in [1.54, 1.807) is 0 Å². The number of nitrogens with zero attached hydrogens (tertiary/aromatic N) is 1. The minimum atomic E-state index is -1.43. The van der Waals surface area contributed by atoms with Crippen LogP contribution in [0, 0.1) is 35.5 Å². The fraction of sp³-hybridized carbons (Fsp3) is 0.389. The summed E-state index contributed by atoms with van der Waals surface area (Å²) in [5.41, 5.74) is 0.0460. The average molecular weight is 343 g/mol. The molecule has 0 N–H and O–H groups in total. The maximum atomic E-state index is 12.9. The van der Waals surface area contributed by atoms with Gasteiger partial charge in [0, 0.05) is 10.6 Å².